The summed E-state index contributed by atoms with van der Waals surface area (Å²) in [5, 5.41) is 18.9. The molecule has 20 heavy (non-hydrogen) atoms. The zero-order valence-corrected chi connectivity index (χ0v) is 11.9. The van der Waals surface area contributed by atoms with Gasteiger partial charge in [-0.3, -0.25) is 0 Å². The molecule has 0 amide bonds. The maximum absolute atomic E-state index is 11.0. The first-order valence-electron chi connectivity index (χ1n) is 7.32. The van der Waals surface area contributed by atoms with Crippen LogP contribution in [0.1, 0.15) is 49.5 Å². The SMILES string of the molecule is Cn1nncc1C(O)C1(c2ccccc2)CCCCC1. The molecule has 0 saturated heterocycles. The number of aliphatic hydroxyl groups is 1. The average Bonchev–Trinajstić information content (AvgIpc) is 2.94. The van der Waals surface area contributed by atoms with E-state index in [-0.39, 0.29) is 5.41 Å². The highest BCUT2D eigenvalue weighted by atomic mass is 16.3. The summed E-state index contributed by atoms with van der Waals surface area (Å²) in [5.41, 5.74) is 1.83. The van der Waals surface area contributed by atoms with Crippen LogP contribution in [0, 0.1) is 0 Å². The van der Waals surface area contributed by atoms with Crippen LogP contribution in [0.5, 0.6) is 0 Å². The molecule has 1 aromatic heterocycles. The first-order chi connectivity index (χ1) is 9.74. The van der Waals surface area contributed by atoms with Crippen molar-refractivity contribution in [2.24, 2.45) is 7.05 Å². The van der Waals surface area contributed by atoms with Gasteiger partial charge in [0.15, 0.2) is 0 Å². The van der Waals surface area contributed by atoms with Crippen molar-refractivity contribution in [3.8, 4) is 0 Å². The van der Waals surface area contributed by atoms with Crippen molar-refractivity contribution in [3.63, 3.8) is 0 Å². The fraction of sp³-hybridized carbons (Fsp3) is 0.500. The molecule has 0 spiro atoms. The monoisotopic (exact) mass is 271 g/mol. The molecule has 2 aromatic rings. The standard InChI is InChI=1S/C16H21N3O/c1-19-14(12-17-18-19)15(20)16(10-6-3-7-11-16)13-8-4-2-5-9-13/h2,4-5,8-9,12,15,20H,3,6-7,10-11H2,1H3. The predicted octanol–water partition coefficient (Wildman–Crippen LogP) is 2.75. The van der Waals surface area contributed by atoms with Gasteiger partial charge >= 0.3 is 0 Å². The van der Waals surface area contributed by atoms with Crippen LogP contribution < -0.4 is 0 Å². The number of aromatic nitrogens is 3. The van der Waals surface area contributed by atoms with Gasteiger partial charge in [-0.1, -0.05) is 54.8 Å². The first kappa shape index (κ1) is 13.3. The fourth-order valence-corrected chi connectivity index (χ4v) is 3.50. The van der Waals surface area contributed by atoms with Crippen LogP contribution in [0.2, 0.25) is 0 Å². The Labute approximate surface area is 119 Å². The zero-order chi connectivity index (χ0) is 14.0. The predicted molar refractivity (Wildman–Crippen MR) is 77.2 cm³/mol. The lowest BCUT2D eigenvalue weighted by Crippen LogP contribution is -2.37. The Balaban J connectivity index is 2.04. The van der Waals surface area contributed by atoms with Gasteiger partial charge in [-0.15, -0.1) is 5.10 Å². The summed E-state index contributed by atoms with van der Waals surface area (Å²) in [7, 11) is 1.84. The van der Waals surface area contributed by atoms with Gasteiger partial charge in [-0.25, -0.2) is 4.68 Å². The third kappa shape index (κ3) is 2.14. The molecule has 0 aliphatic heterocycles. The first-order valence-corrected chi connectivity index (χ1v) is 7.32. The lowest BCUT2D eigenvalue weighted by atomic mass is 9.65. The van der Waals surface area contributed by atoms with Gasteiger partial charge in [0.25, 0.3) is 0 Å². The summed E-state index contributed by atoms with van der Waals surface area (Å²) in [5.74, 6) is 0. The number of aryl methyl sites for hydroxylation is 1. The smallest absolute Gasteiger partial charge is 0.107 e. The summed E-state index contributed by atoms with van der Waals surface area (Å²) >= 11 is 0. The van der Waals surface area contributed by atoms with E-state index >= 15 is 0 Å². The lowest BCUT2D eigenvalue weighted by Gasteiger charge is -2.41. The van der Waals surface area contributed by atoms with Crippen molar-refractivity contribution in [1.29, 1.82) is 0 Å². The molecule has 1 N–H and O–H groups in total. The van der Waals surface area contributed by atoms with Gasteiger partial charge < -0.3 is 5.11 Å². The fourth-order valence-electron chi connectivity index (χ4n) is 3.50. The van der Waals surface area contributed by atoms with Crippen LogP contribution >= 0.6 is 0 Å². The highest BCUT2D eigenvalue weighted by Gasteiger charge is 2.42. The van der Waals surface area contributed by atoms with E-state index < -0.39 is 6.10 Å². The van der Waals surface area contributed by atoms with Crippen LogP contribution in [0.3, 0.4) is 0 Å². The van der Waals surface area contributed by atoms with E-state index in [0.29, 0.717) is 0 Å². The second-order valence-corrected chi connectivity index (χ2v) is 5.77. The lowest BCUT2D eigenvalue weighted by molar-refractivity contribution is 0.0465. The molecule has 0 bridgehead atoms. The third-order valence-corrected chi connectivity index (χ3v) is 4.65. The molecule has 1 aromatic carbocycles. The minimum Gasteiger partial charge on any atom is -0.386 e. The van der Waals surface area contributed by atoms with Gasteiger partial charge in [0, 0.05) is 12.5 Å². The molecule has 1 aliphatic rings. The number of nitrogens with zero attached hydrogens (tertiary/aromatic N) is 3. The molecule has 3 rings (SSSR count). The quantitative estimate of drug-likeness (QED) is 0.934. The Bertz CT molecular complexity index is 558. The van der Waals surface area contributed by atoms with Crippen LogP contribution in [0.4, 0.5) is 0 Å². The molecule has 4 nitrogen and oxygen atoms in total. The molecule has 1 saturated carbocycles. The highest BCUT2D eigenvalue weighted by Crippen LogP contribution is 2.47. The summed E-state index contributed by atoms with van der Waals surface area (Å²) in [4.78, 5) is 0. The number of hydrogen-bond acceptors (Lipinski definition) is 3. The van der Waals surface area contributed by atoms with Crippen molar-refractivity contribution in [3.05, 3.63) is 47.8 Å². The van der Waals surface area contributed by atoms with E-state index in [1.165, 1.54) is 12.0 Å². The molecule has 1 aliphatic carbocycles. The van der Waals surface area contributed by atoms with Gasteiger partial charge in [0.05, 0.1) is 11.9 Å². The largest absolute Gasteiger partial charge is 0.386 e. The number of hydrogen-bond donors (Lipinski definition) is 1. The van der Waals surface area contributed by atoms with Crippen molar-refractivity contribution in [1.82, 2.24) is 15.0 Å². The zero-order valence-electron chi connectivity index (χ0n) is 11.9. The summed E-state index contributed by atoms with van der Waals surface area (Å²) in [6.45, 7) is 0. The minimum atomic E-state index is -0.551. The summed E-state index contributed by atoms with van der Waals surface area (Å²) in [6.07, 6.45) is 6.75. The molecular formula is C16H21N3O. The second kappa shape index (κ2) is 5.37. The van der Waals surface area contributed by atoms with Crippen LogP contribution in [0.15, 0.2) is 36.5 Å². The van der Waals surface area contributed by atoms with E-state index in [2.05, 4.69) is 34.6 Å². The number of aliphatic hydroxyl groups excluding tert-OH is 1. The van der Waals surface area contributed by atoms with E-state index in [9.17, 15) is 5.11 Å². The molecular weight excluding hydrogens is 250 g/mol. The van der Waals surface area contributed by atoms with Crippen molar-refractivity contribution < 1.29 is 5.11 Å². The van der Waals surface area contributed by atoms with Crippen LogP contribution in [-0.4, -0.2) is 20.1 Å². The Hall–Kier alpha value is -1.68. The summed E-state index contributed by atoms with van der Waals surface area (Å²) in [6, 6.07) is 10.4. The van der Waals surface area contributed by atoms with E-state index in [1.807, 2.05) is 13.1 Å². The Morgan fingerprint density at radius 1 is 1.15 bits per heavy atom. The molecule has 1 heterocycles. The van der Waals surface area contributed by atoms with Gasteiger partial charge in [0.2, 0.25) is 0 Å². The molecule has 0 radical (unpaired) electrons. The third-order valence-electron chi connectivity index (χ3n) is 4.65. The van der Waals surface area contributed by atoms with E-state index in [4.69, 9.17) is 0 Å². The Morgan fingerprint density at radius 3 is 2.45 bits per heavy atom. The molecule has 4 heteroatoms. The van der Waals surface area contributed by atoms with Gasteiger partial charge in [-0.05, 0) is 18.4 Å². The molecule has 1 atom stereocenters. The number of rotatable bonds is 3. The van der Waals surface area contributed by atoms with Gasteiger partial charge in [0.1, 0.15) is 6.10 Å². The van der Waals surface area contributed by atoms with Gasteiger partial charge in [-0.2, -0.15) is 0 Å². The van der Waals surface area contributed by atoms with Crippen molar-refractivity contribution in [2.45, 2.75) is 43.6 Å². The molecule has 1 unspecified atom stereocenters. The Morgan fingerprint density at radius 2 is 1.85 bits per heavy atom. The summed E-state index contributed by atoms with van der Waals surface area (Å²) < 4.78 is 1.68. The maximum atomic E-state index is 11.0. The highest BCUT2D eigenvalue weighted by molar-refractivity contribution is 5.30. The van der Waals surface area contributed by atoms with E-state index in [0.717, 1.165) is 31.4 Å². The van der Waals surface area contributed by atoms with Crippen LogP contribution in [0.25, 0.3) is 0 Å². The molecule has 1 fully saturated rings. The maximum Gasteiger partial charge on any atom is 0.107 e. The second-order valence-electron chi connectivity index (χ2n) is 5.77. The van der Waals surface area contributed by atoms with Crippen LogP contribution in [-0.2, 0) is 12.5 Å². The topological polar surface area (TPSA) is 50.9 Å². The normalized spacial score (nSPS) is 19.7. The van der Waals surface area contributed by atoms with Crippen molar-refractivity contribution >= 4 is 0 Å². The Kier molecular flexibility index (Phi) is 3.57. The minimum absolute atomic E-state index is 0.199. The average molecular weight is 271 g/mol. The number of benzene rings is 1. The van der Waals surface area contributed by atoms with E-state index in [1.54, 1.807) is 10.9 Å². The van der Waals surface area contributed by atoms with Crippen molar-refractivity contribution in [2.75, 3.05) is 0 Å². The molecule has 106 valence electrons.